The highest BCUT2D eigenvalue weighted by molar-refractivity contribution is 6.30. The minimum Gasteiger partial charge on any atom is -0.497 e. The lowest BCUT2D eigenvalue weighted by atomic mass is 10.0. The summed E-state index contributed by atoms with van der Waals surface area (Å²) in [6.07, 6.45) is 3.77. The summed E-state index contributed by atoms with van der Waals surface area (Å²) < 4.78 is 18.8. The molecule has 0 N–H and O–H groups in total. The van der Waals surface area contributed by atoms with Crippen molar-refractivity contribution < 1.29 is 23.8 Å². The molecule has 0 bridgehead atoms. The molecule has 0 amide bonds. The van der Waals surface area contributed by atoms with E-state index in [0.717, 1.165) is 27.8 Å². The number of esters is 1. The van der Waals surface area contributed by atoms with Gasteiger partial charge in [0.15, 0.2) is 5.76 Å². The lowest BCUT2D eigenvalue weighted by Crippen LogP contribution is -2.11. The van der Waals surface area contributed by atoms with Gasteiger partial charge >= 0.3 is 5.97 Å². The first-order chi connectivity index (χ1) is 16.8. The standard InChI is InChI=1S/C28H22ClNO5/c1-16-10-21(34-26(31)11-17-4-6-19(29)7-5-17)14-24-27(16)28(32)25(35-24)12-18-15-30(2)23-9-8-20(33-3)13-22(18)23/h4-10,12-15H,11H2,1-3H3/b25-12-. The average molecular weight is 488 g/mol. The van der Waals surface area contributed by atoms with Crippen LogP contribution >= 0.6 is 11.6 Å². The van der Waals surface area contributed by atoms with Crippen molar-refractivity contribution in [3.63, 3.8) is 0 Å². The normalized spacial score (nSPS) is 13.7. The number of methoxy groups -OCH3 is 1. The molecule has 1 aromatic heterocycles. The van der Waals surface area contributed by atoms with Crippen LogP contribution in [0.15, 0.2) is 66.6 Å². The van der Waals surface area contributed by atoms with Crippen LogP contribution in [0.3, 0.4) is 0 Å². The summed E-state index contributed by atoms with van der Waals surface area (Å²) in [5.41, 5.74) is 3.77. The number of aromatic nitrogens is 1. The van der Waals surface area contributed by atoms with Crippen molar-refractivity contribution in [3.8, 4) is 17.2 Å². The Bertz CT molecular complexity index is 1510. The highest BCUT2D eigenvalue weighted by Gasteiger charge is 2.30. The second kappa shape index (κ2) is 8.96. The maximum atomic E-state index is 13.1. The second-order valence-corrected chi connectivity index (χ2v) is 8.85. The Morgan fingerprint density at radius 1 is 1.09 bits per heavy atom. The fourth-order valence-corrected chi connectivity index (χ4v) is 4.38. The maximum Gasteiger partial charge on any atom is 0.315 e. The largest absolute Gasteiger partial charge is 0.497 e. The molecule has 0 saturated heterocycles. The molecular formula is C28H22ClNO5. The molecule has 1 aliphatic heterocycles. The molecule has 3 aromatic carbocycles. The number of nitrogens with zero attached hydrogens (tertiary/aromatic N) is 1. The highest BCUT2D eigenvalue weighted by Crippen LogP contribution is 2.38. The first-order valence-electron chi connectivity index (χ1n) is 11.0. The number of aryl methyl sites for hydroxylation is 2. The Morgan fingerprint density at radius 2 is 1.86 bits per heavy atom. The summed E-state index contributed by atoms with van der Waals surface area (Å²) in [4.78, 5) is 25.6. The van der Waals surface area contributed by atoms with Crippen molar-refractivity contribution in [2.75, 3.05) is 7.11 Å². The lowest BCUT2D eigenvalue weighted by Gasteiger charge is -2.08. The molecular weight excluding hydrogens is 466 g/mol. The van der Waals surface area contributed by atoms with Crippen LogP contribution in [0.4, 0.5) is 0 Å². The van der Waals surface area contributed by atoms with Crippen molar-refractivity contribution >= 4 is 40.3 Å². The van der Waals surface area contributed by atoms with Crippen molar-refractivity contribution in [1.82, 2.24) is 4.57 Å². The minimum absolute atomic E-state index is 0.1000. The Kier molecular flexibility index (Phi) is 5.83. The molecule has 5 rings (SSSR count). The molecule has 0 atom stereocenters. The molecule has 1 aliphatic rings. The zero-order chi connectivity index (χ0) is 24.7. The van der Waals surface area contributed by atoms with Gasteiger partial charge in [-0.3, -0.25) is 9.59 Å². The molecule has 0 saturated carbocycles. The number of halogens is 1. The number of hydrogen-bond acceptors (Lipinski definition) is 5. The number of carbonyl (C=O) groups excluding carboxylic acids is 2. The first kappa shape index (κ1) is 22.7. The van der Waals surface area contributed by atoms with E-state index in [4.69, 9.17) is 25.8 Å². The van der Waals surface area contributed by atoms with Crippen LogP contribution in [0.2, 0.25) is 5.02 Å². The molecule has 0 aliphatic carbocycles. The minimum atomic E-state index is -0.420. The summed E-state index contributed by atoms with van der Waals surface area (Å²) in [6.45, 7) is 1.79. The monoisotopic (exact) mass is 487 g/mol. The van der Waals surface area contributed by atoms with Gasteiger partial charge in [0.1, 0.15) is 17.2 Å². The molecule has 7 heteroatoms. The van der Waals surface area contributed by atoms with Gasteiger partial charge in [0.2, 0.25) is 5.78 Å². The summed E-state index contributed by atoms with van der Waals surface area (Å²) in [5.74, 6) is 1.000. The van der Waals surface area contributed by atoms with Gasteiger partial charge in [-0.1, -0.05) is 23.7 Å². The van der Waals surface area contributed by atoms with E-state index in [0.29, 0.717) is 27.6 Å². The third-order valence-corrected chi connectivity index (χ3v) is 6.20. The van der Waals surface area contributed by atoms with E-state index in [1.54, 1.807) is 56.5 Å². The van der Waals surface area contributed by atoms with E-state index in [2.05, 4.69) is 0 Å². The Balaban J connectivity index is 1.41. The molecule has 35 heavy (non-hydrogen) atoms. The number of benzene rings is 3. The van der Waals surface area contributed by atoms with Crippen molar-refractivity contribution in [2.24, 2.45) is 7.05 Å². The van der Waals surface area contributed by atoms with E-state index >= 15 is 0 Å². The zero-order valence-electron chi connectivity index (χ0n) is 19.4. The molecule has 4 aromatic rings. The Morgan fingerprint density at radius 3 is 2.60 bits per heavy atom. The van der Waals surface area contributed by atoms with Crippen molar-refractivity contribution in [1.29, 1.82) is 0 Å². The number of rotatable bonds is 5. The van der Waals surface area contributed by atoms with Crippen LogP contribution in [0.25, 0.3) is 17.0 Å². The summed E-state index contributed by atoms with van der Waals surface area (Å²) >= 11 is 5.90. The van der Waals surface area contributed by atoms with Crippen LogP contribution in [0.5, 0.6) is 17.2 Å². The fraction of sp³-hybridized carbons (Fsp3) is 0.143. The van der Waals surface area contributed by atoms with Gasteiger partial charge in [0.05, 0.1) is 19.1 Å². The topological polar surface area (TPSA) is 66.8 Å². The molecule has 176 valence electrons. The van der Waals surface area contributed by atoms with Gasteiger partial charge in [-0.05, 0) is 60.5 Å². The van der Waals surface area contributed by atoms with Gasteiger partial charge in [-0.25, -0.2) is 0 Å². The molecule has 2 heterocycles. The third-order valence-electron chi connectivity index (χ3n) is 5.95. The quantitative estimate of drug-likeness (QED) is 0.199. The van der Waals surface area contributed by atoms with E-state index in [-0.39, 0.29) is 18.0 Å². The second-order valence-electron chi connectivity index (χ2n) is 8.41. The predicted molar refractivity (Wildman–Crippen MR) is 134 cm³/mol. The van der Waals surface area contributed by atoms with Crippen LogP contribution in [-0.2, 0) is 18.3 Å². The Hall–Kier alpha value is -4.03. The van der Waals surface area contributed by atoms with Gasteiger partial charge in [0.25, 0.3) is 0 Å². The molecule has 0 unspecified atom stereocenters. The maximum absolute atomic E-state index is 13.1. The van der Waals surface area contributed by atoms with Gasteiger partial charge in [0, 0.05) is 40.8 Å². The van der Waals surface area contributed by atoms with E-state index in [1.807, 2.05) is 36.0 Å². The number of Topliss-reactive ketones (excluding diaryl/α,β-unsaturated/α-hetero) is 1. The van der Waals surface area contributed by atoms with Gasteiger partial charge in [-0.15, -0.1) is 0 Å². The highest BCUT2D eigenvalue weighted by atomic mass is 35.5. The predicted octanol–water partition coefficient (Wildman–Crippen LogP) is 5.91. The van der Waals surface area contributed by atoms with Crippen molar-refractivity contribution in [3.05, 3.63) is 93.8 Å². The average Bonchev–Trinajstić information content (AvgIpc) is 3.31. The fourth-order valence-electron chi connectivity index (χ4n) is 4.26. The van der Waals surface area contributed by atoms with E-state index in [1.165, 1.54) is 0 Å². The zero-order valence-corrected chi connectivity index (χ0v) is 20.2. The molecule has 6 nitrogen and oxygen atoms in total. The van der Waals surface area contributed by atoms with Gasteiger partial charge in [-0.2, -0.15) is 0 Å². The van der Waals surface area contributed by atoms with Crippen LogP contribution < -0.4 is 14.2 Å². The Labute approximate surface area is 207 Å². The number of ether oxygens (including phenoxy) is 3. The molecule has 0 radical (unpaired) electrons. The summed E-state index contributed by atoms with van der Waals surface area (Å²) in [7, 11) is 3.56. The van der Waals surface area contributed by atoms with E-state index in [9.17, 15) is 9.59 Å². The molecule has 0 fully saturated rings. The number of fused-ring (bicyclic) bond motifs is 2. The van der Waals surface area contributed by atoms with Crippen LogP contribution in [0, 0.1) is 6.92 Å². The first-order valence-corrected chi connectivity index (χ1v) is 11.4. The van der Waals surface area contributed by atoms with E-state index < -0.39 is 5.97 Å². The van der Waals surface area contributed by atoms with Crippen LogP contribution in [-0.4, -0.2) is 23.4 Å². The summed E-state index contributed by atoms with van der Waals surface area (Å²) in [5, 5.41) is 1.55. The smallest absolute Gasteiger partial charge is 0.315 e. The van der Waals surface area contributed by atoms with Crippen LogP contribution in [0.1, 0.15) is 27.0 Å². The number of hydrogen-bond donors (Lipinski definition) is 0. The number of ketones is 1. The summed E-state index contributed by atoms with van der Waals surface area (Å²) in [6, 6.07) is 16.0. The number of carbonyl (C=O) groups is 2. The van der Waals surface area contributed by atoms with Gasteiger partial charge < -0.3 is 18.8 Å². The molecule has 0 spiro atoms. The number of allylic oxidation sites excluding steroid dienone is 1. The third kappa shape index (κ3) is 4.40. The SMILES string of the molecule is COc1ccc2c(c1)c(/C=C1\Oc3cc(OC(=O)Cc4ccc(Cl)cc4)cc(C)c3C1=O)cn2C. The van der Waals surface area contributed by atoms with Crippen molar-refractivity contribution in [2.45, 2.75) is 13.3 Å². The lowest BCUT2D eigenvalue weighted by molar-refractivity contribution is -0.133.